The number of benzene rings is 2. The lowest BCUT2D eigenvalue weighted by Gasteiger charge is -2.34. The highest BCUT2D eigenvalue weighted by molar-refractivity contribution is 6.67. The lowest BCUT2D eigenvalue weighted by molar-refractivity contribution is -0.123. The molecule has 0 aromatic heterocycles. The van der Waals surface area contributed by atoms with E-state index < -0.39 is 43.6 Å². The van der Waals surface area contributed by atoms with Gasteiger partial charge in [0, 0.05) is 5.69 Å². The number of amides is 3. The van der Waals surface area contributed by atoms with Gasteiger partial charge in [-0.05, 0) is 49.2 Å². The zero-order valence-electron chi connectivity index (χ0n) is 18.1. The first kappa shape index (κ1) is 25.2. The number of imide groups is 1. The SMILES string of the molecule is Cc1cc(C)cc(NC(=O)c2ccccc2N2C(=O)[C@@H]3[C@@H](C2=O)[C@@]2(Cl)C(Cl)=C(Cl)[C@@]3(Cl)C2(Cl)Cl)c1. The summed E-state index contributed by atoms with van der Waals surface area (Å²) < 4.78 is -2.02. The van der Waals surface area contributed by atoms with Crippen molar-refractivity contribution >= 4 is 98.7 Å². The summed E-state index contributed by atoms with van der Waals surface area (Å²) in [6.45, 7) is 3.82. The fourth-order valence-corrected chi connectivity index (χ4v) is 8.27. The van der Waals surface area contributed by atoms with Crippen molar-refractivity contribution in [3.05, 3.63) is 69.2 Å². The molecule has 0 radical (unpaired) electrons. The molecule has 1 aliphatic heterocycles. The molecule has 2 aromatic rings. The molecule has 35 heavy (non-hydrogen) atoms. The summed E-state index contributed by atoms with van der Waals surface area (Å²) in [7, 11) is 0. The van der Waals surface area contributed by atoms with E-state index in [-0.39, 0.29) is 21.3 Å². The number of carbonyl (C=O) groups excluding carboxylic acids is 3. The maximum Gasteiger partial charge on any atom is 0.257 e. The molecule has 4 atom stereocenters. The number of carbonyl (C=O) groups is 3. The highest BCUT2D eigenvalue weighted by atomic mass is 35.5. The number of alkyl halides is 4. The van der Waals surface area contributed by atoms with Gasteiger partial charge in [0.25, 0.3) is 5.91 Å². The van der Waals surface area contributed by atoms with E-state index >= 15 is 0 Å². The molecule has 1 saturated carbocycles. The van der Waals surface area contributed by atoms with Gasteiger partial charge in [-0.3, -0.25) is 14.4 Å². The van der Waals surface area contributed by atoms with E-state index in [9.17, 15) is 14.4 Å². The fraction of sp³-hybridized carbons (Fsp3) is 0.292. The molecule has 2 aromatic carbocycles. The molecule has 11 heteroatoms. The average molecular weight is 593 g/mol. The third kappa shape index (κ3) is 3.06. The summed E-state index contributed by atoms with van der Waals surface area (Å²) in [6.07, 6.45) is 0. The Morgan fingerprint density at radius 2 is 1.34 bits per heavy atom. The Morgan fingerprint density at radius 1 is 0.857 bits per heavy atom. The van der Waals surface area contributed by atoms with Crippen LogP contribution < -0.4 is 10.2 Å². The first-order valence-corrected chi connectivity index (χ1v) is 12.7. The van der Waals surface area contributed by atoms with Crippen molar-refractivity contribution in [3.63, 3.8) is 0 Å². The minimum Gasteiger partial charge on any atom is -0.322 e. The summed E-state index contributed by atoms with van der Waals surface area (Å²) >= 11 is 39.3. The summed E-state index contributed by atoms with van der Waals surface area (Å²) in [4.78, 5) is 37.7. The predicted octanol–water partition coefficient (Wildman–Crippen LogP) is 6.51. The van der Waals surface area contributed by atoms with Gasteiger partial charge in [-0.25, -0.2) is 4.90 Å². The number of rotatable bonds is 3. The predicted molar refractivity (Wildman–Crippen MR) is 140 cm³/mol. The Hall–Kier alpha value is -1.47. The molecule has 2 aliphatic carbocycles. The molecule has 182 valence electrons. The van der Waals surface area contributed by atoms with Gasteiger partial charge in [-0.15, -0.1) is 23.2 Å². The van der Waals surface area contributed by atoms with Crippen molar-refractivity contribution < 1.29 is 14.4 Å². The lowest BCUT2D eigenvalue weighted by Crippen LogP contribution is -2.50. The van der Waals surface area contributed by atoms with Gasteiger partial charge >= 0.3 is 0 Å². The van der Waals surface area contributed by atoms with E-state index in [2.05, 4.69) is 5.32 Å². The topological polar surface area (TPSA) is 66.5 Å². The molecule has 2 bridgehead atoms. The molecule has 0 unspecified atom stereocenters. The Balaban J connectivity index is 1.56. The molecular weight excluding hydrogens is 577 g/mol. The minimum atomic E-state index is -2.02. The molecule has 1 N–H and O–H groups in total. The van der Waals surface area contributed by atoms with E-state index in [1.54, 1.807) is 12.1 Å². The van der Waals surface area contributed by atoms with Gasteiger partial charge in [-0.2, -0.15) is 0 Å². The van der Waals surface area contributed by atoms with Crippen LogP contribution in [-0.2, 0) is 9.59 Å². The smallest absolute Gasteiger partial charge is 0.257 e. The lowest BCUT2D eigenvalue weighted by atomic mass is 9.84. The average Bonchev–Trinajstić information content (AvgIpc) is 3.16. The Kier molecular flexibility index (Phi) is 5.77. The molecule has 2 fully saturated rings. The Morgan fingerprint density at radius 3 is 1.86 bits per heavy atom. The third-order valence-corrected chi connectivity index (χ3v) is 11.0. The van der Waals surface area contributed by atoms with Crippen LogP contribution in [0.5, 0.6) is 0 Å². The van der Waals surface area contributed by atoms with E-state index in [0.717, 1.165) is 16.0 Å². The number of hydrogen-bond acceptors (Lipinski definition) is 3. The van der Waals surface area contributed by atoms with E-state index in [1.807, 2.05) is 32.0 Å². The number of nitrogens with zero attached hydrogens (tertiary/aromatic N) is 1. The van der Waals surface area contributed by atoms with Crippen molar-refractivity contribution in [2.75, 3.05) is 10.2 Å². The van der Waals surface area contributed by atoms with Crippen LogP contribution in [0.4, 0.5) is 11.4 Å². The van der Waals surface area contributed by atoms with Crippen LogP contribution in [0.15, 0.2) is 52.5 Å². The second kappa shape index (κ2) is 8.01. The maximum atomic E-state index is 13.7. The number of allylic oxidation sites excluding steroid dienone is 2. The van der Waals surface area contributed by atoms with Crippen molar-refractivity contribution in [3.8, 4) is 0 Å². The van der Waals surface area contributed by atoms with E-state index in [0.29, 0.717) is 5.69 Å². The quantitative estimate of drug-likeness (QED) is 0.326. The van der Waals surface area contributed by atoms with Crippen LogP contribution in [0.25, 0.3) is 0 Å². The molecule has 3 amide bonds. The number of hydrogen-bond donors (Lipinski definition) is 1. The zero-order chi connectivity index (χ0) is 25.7. The van der Waals surface area contributed by atoms with Gasteiger partial charge in [0.1, 0.15) is 9.75 Å². The number of anilines is 2. The monoisotopic (exact) mass is 590 g/mol. The van der Waals surface area contributed by atoms with Crippen LogP contribution >= 0.6 is 69.6 Å². The Labute approximate surface area is 231 Å². The molecule has 1 saturated heterocycles. The fourth-order valence-electron chi connectivity index (χ4n) is 5.34. The number of halogens is 6. The van der Waals surface area contributed by atoms with Gasteiger partial charge < -0.3 is 5.32 Å². The first-order chi connectivity index (χ1) is 16.3. The molecule has 0 spiro atoms. The molecule has 1 heterocycles. The largest absolute Gasteiger partial charge is 0.322 e. The van der Waals surface area contributed by atoms with Crippen molar-refractivity contribution in [1.82, 2.24) is 0 Å². The third-order valence-electron chi connectivity index (χ3n) is 6.78. The van der Waals surface area contributed by atoms with E-state index in [1.165, 1.54) is 12.1 Å². The summed E-state index contributed by atoms with van der Waals surface area (Å²) in [6, 6.07) is 11.8. The molecular formula is C24H16Cl6N2O3. The first-order valence-electron chi connectivity index (χ1n) is 10.5. The molecule has 3 aliphatic rings. The van der Waals surface area contributed by atoms with Crippen molar-refractivity contribution in [2.24, 2.45) is 11.8 Å². The maximum absolute atomic E-state index is 13.7. The summed E-state index contributed by atoms with van der Waals surface area (Å²) in [5.74, 6) is -4.52. The van der Waals surface area contributed by atoms with Gasteiger partial charge in [0.2, 0.25) is 11.8 Å². The van der Waals surface area contributed by atoms with Crippen LogP contribution in [0.1, 0.15) is 21.5 Å². The van der Waals surface area contributed by atoms with Crippen molar-refractivity contribution in [2.45, 2.75) is 27.9 Å². The van der Waals surface area contributed by atoms with Gasteiger partial charge in [-0.1, -0.05) is 64.6 Å². The van der Waals surface area contributed by atoms with Crippen LogP contribution in [0.3, 0.4) is 0 Å². The van der Waals surface area contributed by atoms with Crippen molar-refractivity contribution in [1.29, 1.82) is 0 Å². The number of aryl methyl sites for hydroxylation is 2. The second-order valence-electron chi connectivity index (χ2n) is 8.94. The standard InChI is InChI=1S/C24H16Cl6N2O3/c1-10-7-11(2)9-12(8-10)31-19(33)13-5-3-4-6-14(13)32-20(34)15-16(21(32)35)23(28)18(26)17(25)22(15,27)24(23,29)30/h3-9,15-16H,1-2H3,(H,31,33)/t15-,16-,22+,23+/m0/s1. The van der Waals surface area contributed by atoms with Gasteiger partial charge in [0.15, 0.2) is 4.33 Å². The number of nitrogens with one attached hydrogen (secondary N) is 1. The van der Waals surface area contributed by atoms with E-state index in [4.69, 9.17) is 69.6 Å². The van der Waals surface area contributed by atoms with Crippen LogP contribution in [0.2, 0.25) is 0 Å². The van der Waals surface area contributed by atoms with Crippen LogP contribution in [0, 0.1) is 25.7 Å². The summed E-state index contributed by atoms with van der Waals surface area (Å²) in [5, 5.41) is 2.47. The number of para-hydroxylation sites is 1. The minimum absolute atomic E-state index is 0.0701. The highest BCUT2D eigenvalue weighted by Crippen LogP contribution is 2.77. The normalized spacial score (nSPS) is 30.8. The van der Waals surface area contributed by atoms with Gasteiger partial charge in [0.05, 0.1) is 33.2 Å². The zero-order valence-corrected chi connectivity index (χ0v) is 22.7. The Bertz CT molecular complexity index is 1310. The number of fused-ring (bicyclic) bond motifs is 5. The highest BCUT2D eigenvalue weighted by Gasteiger charge is 2.87. The molecule has 5 rings (SSSR count). The van der Waals surface area contributed by atoms with Crippen LogP contribution in [-0.4, -0.2) is 31.8 Å². The second-order valence-corrected chi connectivity index (χ2v) is 12.2. The summed E-state index contributed by atoms with van der Waals surface area (Å²) in [5.41, 5.74) is 2.68. The molecule has 5 nitrogen and oxygen atoms in total.